The third-order valence-electron chi connectivity index (χ3n) is 3.19. The van der Waals surface area contributed by atoms with E-state index in [0.29, 0.717) is 5.92 Å². The van der Waals surface area contributed by atoms with E-state index in [9.17, 15) is 5.11 Å². The van der Waals surface area contributed by atoms with E-state index in [2.05, 4.69) is 13.8 Å². The first-order valence-corrected chi connectivity index (χ1v) is 6.50. The Labute approximate surface area is 94.0 Å². The number of rotatable bonds is 4. The van der Waals surface area contributed by atoms with Crippen molar-refractivity contribution in [1.82, 2.24) is 0 Å². The van der Waals surface area contributed by atoms with Crippen molar-refractivity contribution < 1.29 is 9.84 Å². The molecule has 1 N–H and O–H groups in total. The number of aliphatic hydroxyl groups excluding tert-OH is 1. The van der Waals surface area contributed by atoms with Crippen molar-refractivity contribution in [2.45, 2.75) is 71.0 Å². The highest BCUT2D eigenvalue weighted by Crippen LogP contribution is 2.20. The fraction of sp³-hybridized carbons (Fsp3) is 1.00. The molecule has 2 unspecified atom stereocenters. The first-order valence-electron chi connectivity index (χ1n) is 6.50. The molecule has 0 aromatic carbocycles. The van der Waals surface area contributed by atoms with Crippen molar-refractivity contribution in [3.05, 3.63) is 0 Å². The molecular formula is C13H26O2. The van der Waals surface area contributed by atoms with Crippen LogP contribution in [0.5, 0.6) is 0 Å². The highest BCUT2D eigenvalue weighted by molar-refractivity contribution is 4.72. The summed E-state index contributed by atoms with van der Waals surface area (Å²) in [5.41, 5.74) is 0. The van der Waals surface area contributed by atoms with Crippen LogP contribution >= 0.6 is 0 Å². The minimum absolute atomic E-state index is 0.101. The zero-order valence-corrected chi connectivity index (χ0v) is 10.2. The van der Waals surface area contributed by atoms with Crippen molar-refractivity contribution >= 4 is 0 Å². The largest absolute Gasteiger partial charge is 0.390 e. The SMILES string of the molecule is CC(C)CCOC1CCCCCCC1O. The standard InChI is InChI=1S/C13H26O2/c1-11(2)9-10-15-13-8-6-4-3-5-7-12(13)14/h11-14H,3-10H2,1-2H3. The van der Waals surface area contributed by atoms with E-state index in [1.165, 1.54) is 19.3 Å². The highest BCUT2D eigenvalue weighted by atomic mass is 16.5. The van der Waals surface area contributed by atoms with Gasteiger partial charge in [-0.25, -0.2) is 0 Å². The van der Waals surface area contributed by atoms with Gasteiger partial charge in [-0.1, -0.05) is 39.5 Å². The molecule has 0 aromatic rings. The maximum Gasteiger partial charge on any atom is 0.0833 e. The predicted molar refractivity (Wildman–Crippen MR) is 62.9 cm³/mol. The van der Waals surface area contributed by atoms with Crippen LogP contribution in [-0.2, 0) is 4.74 Å². The van der Waals surface area contributed by atoms with Crippen LogP contribution in [0, 0.1) is 5.92 Å². The van der Waals surface area contributed by atoms with Crippen LogP contribution in [-0.4, -0.2) is 23.9 Å². The Morgan fingerprint density at radius 1 is 1.13 bits per heavy atom. The molecule has 1 rings (SSSR count). The molecule has 0 amide bonds. The van der Waals surface area contributed by atoms with Crippen LogP contribution in [0.25, 0.3) is 0 Å². The van der Waals surface area contributed by atoms with E-state index in [4.69, 9.17) is 4.74 Å². The van der Waals surface area contributed by atoms with Gasteiger partial charge >= 0.3 is 0 Å². The van der Waals surface area contributed by atoms with E-state index < -0.39 is 0 Å². The monoisotopic (exact) mass is 214 g/mol. The quantitative estimate of drug-likeness (QED) is 0.779. The molecule has 1 aliphatic rings. The van der Waals surface area contributed by atoms with E-state index >= 15 is 0 Å². The van der Waals surface area contributed by atoms with Crippen molar-refractivity contribution in [1.29, 1.82) is 0 Å². The summed E-state index contributed by atoms with van der Waals surface area (Å²) >= 11 is 0. The molecule has 0 spiro atoms. The third-order valence-corrected chi connectivity index (χ3v) is 3.19. The van der Waals surface area contributed by atoms with Gasteiger partial charge < -0.3 is 9.84 Å². The van der Waals surface area contributed by atoms with Crippen molar-refractivity contribution in [3.63, 3.8) is 0 Å². The summed E-state index contributed by atoms with van der Waals surface area (Å²) in [5.74, 6) is 0.690. The normalized spacial score (nSPS) is 28.8. The van der Waals surface area contributed by atoms with Crippen molar-refractivity contribution in [2.75, 3.05) is 6.61 Å². The number of ether oxygens (including phenoxy) is 1. The van der Waals surface area contributed by atoms with Gasteiger partial charge in [-0.15, -0.1) is 0 Å². The lowest BCUT2D eigenvalue weighted by Crippen LogP contribution is -2.30. The van der Waals surface area contributed by atoms with Gasteiger partial charge in [0.15, 0.2) is 0 Å². The van der Waals surface area contributed by atoms with Crippen LogP contribution in [0.4, 0.5) is 0 Å². The van der Waals surface area contributed by atoms with Gasteiger partial charge in [-0.3, -0.25) is 0 Å². The van der Waals surface area contributed by atoms with Gasteiger partial charge in [0.05, 0.1) is 12.2 Å². The predicted octanol–water partition coefficient (Wildman–Crippen LogP) is 3.13. The Hall–Kier alpha value is -0.0800. The van der Waals surface area contributed by atoms with Crippen LogP contribution < -0.4 is 0 Å². The Morgan fingerprint density at radius 2 is 1.80 bits per heavy atom. The molecule has 15 heavy (non-hydrogen) atoms. The molecule has 1 fully saturated rings. The molecular weight excluding hydrogens is 188 g/mol. The summed E-state index contributed by atoms with van der Waals surface area (Å²) in [6.45, 7) is 5.22. The lowest BCUT2D eigenvalue weighted by molar-refractivity contribution is -0.0519. The summed E-state index contributed by atoms with van der Waals surface area (Å²) in [5, 5.41) is 9.91. The summed E-state index contributed by atoms with van der Waals surface area (Å²) in [6.07, 6.45) is 7.89. The zero-order valence-electron chi connectivity index (χ0n) is 10.2. The van der Waals surface area contributed by atoms with Gasteiger partial charge in [-0.05, 0) is 25.2 Å². The molecule has 0 aromatic heterocycles. The Kier molecular flexibility index (Phi) is 6.26. The summed E-state index contributed by atoms with van der Waals surface area (Å²) < 4.78 is 5.79. The van der Waals surface area contributed by atoms with Gasteiger partial charge in [-0.2, -0.15) is 0 Å². The van der Waals surface area contributed by atoms with Crippen molar-refractivity contribution in [2.24, 2.45) is 5.92 Å². The first kappa shape index (κ1) is 13.0. The Morgan fingerprint density at radius 3 is 2.47 bits per heavy atom. The molecule has 2 nitrogen and oxygen atoms in total. The van der Waals surface area contributed by atoms with E-state index in [0.717, 1.165) is 32.3 Å². The number of aliphatic hydroxyl groups is 1. The second-order valence-electron chi connectivity index (χ2n) is 5.15. The Balaban J connectivity index is 2.22. The molecule has 90 valence electrons. The molecule has 0 radical (unpaired) electrons. The summed E-state index contributed by atoms with van der Waals surface area (Å²) in [7, 11) is 0. The van der Waals surface area contributed by atoms with Crippen LogP contribution in [0.2, 0.25) is 0 Å². The molecule has 0 saturated heterocycles. The molecule has 0 heterocycles. The first-order chi connectivity index (χ1) is 7.20. The van der Waals surface area contributed by atoms with Gasteiger partial charge in [0, 0.05) is 6.61 Å². The van der Waals surface area contributed by atoms with E-state index in [-0.39, 0.29) is 12.2 Å². The molecule has 0 aliphatic heterocycles. The van der Waals surface area contributed by atoms with E-state index in [1.807, 2.05) is 0 Å². The fourth-order valence-electron chi connectivity index (χ4n) is 2.08. The smallest absolute Gasteiger partial charge is 0.0833 e. The maximum atomic E-state index is 9.91. The maximum absolute atomic E-state index is 9.91. The minimum atomic E-state index is -0.225. The third kappa shape index (κ3) is 5.53. The topological polar surface area (TPSA) is 29.5 Å². The lowest BCUT2D eigenvalue weighted by Gasteiger charge is -2.25. The number of hydrogen-bond donors (Lipinski definition) is 1. The van der Waals surface area contributed by atoms with Gasteiger partial charge in [0.25, 0.3) is 0 Å². The van der Waals surface area contributed by atoms with Crippen LogP contribution in [0.15, 0.2) is 0 Å². The summed E-state index contributed by atoms with van der Waals surface area (Å²) in [6, 6.07) is 0. The molecule has 2 heteroatoms. The minimum Gasteiger partial charge on any atom is -0.390 e. The average molecular weight is 214 g/mol. The van der Waals surface area contributed by atoms with Crippen LogP contribution in [0.1, 0.15) is 58.8 Å². The van der Waals surface area contributed by atoms with Crippen LogP contribution in [0.3, 0.4) is 0 Å². The lowest BCUT2D eigenvalue weighted by atomic mass is 9.96. The van der Waals surface area contributed by atoms with Gasteiger partial charge in [0.2, 0.25) is 0 Å². The molecule has 1 aliphatic carbocycles. The Bertz CT molecular complexity index is 157. The zero-order chi connectivity index (χ0) is 11.1. The molecule has 2 atom stereocenters. The highest BCUT2D eigenvalue weighted by Gasteiger charge is 2.20. The second kappa shape index (κ2) is 7.24. The molecule has 1 saturated carbocycles. The average Bonchev–Trinajstić information content (AvgIpc) is 2.16. The second-order valence-corrected chi connectivity index (χ2v) is 5.15. The molecule has 0 bridgehead atoms. The van der Waals surface area contributed by atoms with E-state index in [1.54, 1.807) is 0 Å². The number of hydrogen-bond acceptors (Lipinski definition) is 2. The summed E-state index contributed by atoms with van der Waals surface area (Å²) in [4.78, 5) is 0. The van der Waals surface area contributed by atoms with Gasteiger partial charge in [0.1, 0.15) is 0 Å². The fourth-order valence-corrected chi connectivity index (χ4v) is 2.08. The van der Waals surface area contributed by atoms with Crippen molar-refractivity contribution in [3.8, 4) is 0 Å².